The van der Waals surface area contributed by atoms with Crippen molar-refractivity contribution in [3.63, 3.8) is 0 Å². The Morgan fingerprint density at radius 2 is 1.94 bits per heavy atom. The highest BCUT2D eigenvalue weighted by Gasteiger charge is 2.15. The van der Waals surface area contributed by atoms with Gasteiger partial charge in [0.2, 0.25) is 0 Å². The molecule has 0 aliphatic rings. The molecule has 0 unspecified atom stereocenters. The van der Waals surface area contributed by atoms with Gasteiger partial charge in [-0.25, -0.2) is 4.79 Å². The Morgan fingerprint density at radius 3 is 2.38 bits per heavy atom. The second kappa shape index (κ2) is 5.10. The van der Waals surface area contributed by atoms with Gasteiger partial charge in [0.15, 0.2) is 0 Å². The average molecular weight is 221 g/mol. The third-order valence-electron chi connectivity index (χ3n) is 2.38. The Kier molecular flexibility index (Phi) is 4.05. The average Bonchev–Trinajstić information content (AvgIpc) is 2.16. The maximum absolute atomic E-state index is 11.0. The van der Waals surface area contributed by atoms with Crippen molar-refractivity contribution in [3.8, 4) is 0 Å². The molecule has 0 spiro atoms. The van der Waals surface area contributed by atoms with Gasteiger partial charge in [-0.3, -0.25) is 4.98 Å². The van der Waals surface area contributed by atoms with Crippen LogP contribution in [-0.4, -0.2) is 16.1 Å². The summed E-state index contributed by atoms with van der Waals surface area (Å²) in [6, 6.07) is 3.48. The van der Waals surface area contributed by atoms with Crippen LogP contribution in [0.3, 0.4) is 0 Å². The molecule has 3 nitrogen and oxygen atoms in total. The van der Waals surface area contributed by atoms with E-state index >= 15 is 0 Å². The van der Waals surface area contributed by atoms with E-state index in [2.05, 4.69) is 18.8 Å². The minimum atomic E-state index is -0.896. The molecule has 0 aliphatic heterocycles. The molecule has 16 heavy (non-hydrogen) atoms. The topological polar surface area (TPSA) is 50.2 Å². The largest absolute Gasteiger partial charge is 0.478 e. The van der Waals surface area contributed by atoms with Crippen LogP contribution in [0.25, 0.3) is 0 Å². The zero-order chi connectivity index (χ0) is 12.3. The molecule has 0 aliphatic carbocycles. The Hall–Kier alpha value is -1.38. The number of hydrogen-bond donors (Lipinski definition) is 1. The van der Waals surface area contributed by atoms with E-state index in [0.29, 0.717) is 17.2 Å². The van der Waals surface area contributed by atoms with Crippen LogP contribution < -0.4 is 0 Å². The number of rotatable bonds is 4. The molecule has 0 amide bonds. The smallest absolute Gasteiger partial charge is 0.337 e. The van der Waals surface area contributed by atoms with Crippen LogP contribution in [0.5, 0.6) is 0 Å². The van der Waals surface area contributed by atoms with Crippen molar-refractivity contribution < 1.29 is 9.90 Å². The molecule has 1 N–H and O–H groups in total. The Bertz CT molecular complexity index is 384. The summed E-state index contributed by atoms with van der Waals surface area (Å²) in [5.41, 5.74) is 1.98. The summed E-state index contributed by atoms with van der Waals surface area (Å²) in [4.78, 5) is 15.5. The second-order valence-corrected chi connectivity index (χ2v) is 4.79. The summed E-state index contributed by atoms with van der Waals surface area (Å²) in [7, 11) is 0. The van der Waals surface area contributed by atoms with E-state index in [1.165, 1.54) is 0 Å². The molecule has 0 fully saturated rings. The lowest BCUT2D eigenvalue weighted by Crippen LogP contribution is -2.09. The number of aromatic carboxylic acids is 1. The molecule has 0 saturated carbocycles. The Morgan fingerprint density at radius 1 is 1.31 bits per heavy atom. The molecular formula is C13H19NO2. The van der Waals surface area contributed by atoms with E-state index < -0.39 is 5.97 Å². The van der Waals surface area contributed by atoms with E-state index in [0.717, 1.165) is 12.1 Å². The molecule has 0 aromatic carbocycles. The van der Waals surface area contributed by atoms with Crippen LogP contribution in [0, 0.1) is 5.92 Å². The summed E-state index contributed by atoms with van der Waals surface area (Å²) in [6.45, 7) is 8.19. The van der Waals surface area contributed by atoms with Gasteiger partial charge in [-0.2, -0.15) is 0 Å². The van der Waals surface area contributed by atoms with E-state index in [9.17, 15) is 4.79 Å². The number of aromatic nitrogens is 1. The van der Waals surface area contributed by atoms with Crippen molar-refractivity contribution in [1.82, 2.24) is 4.98 Å². The SMILES string of the molecule is CC(C)Cc1ccc(C(=O)O)c(C(C)C)n1. The number of pyridine rings is 1. The first-order valence-corrected chi connectivity index (χ1v) is 5.65. The van der Waals surface area contributed by atoms with Crippen LogP contribution in [0.4, 0.5) is 0 Å². The Balaban J connectivity index is 3.12. The minimum absolute atomic E-state index is 0.137. The standard InChI is InChI=1S/C13H19NO2/c1-8(2)7-10-5-6-11(13(15)16)12(14-10)9(3)4/h5-6,8-9H,7H2,1-4H3,(H,15,16). The van der Waals surface area contributed by atoms with Gasteiger partial charge in [0.05, 0.1) is 11.3 Å². The number of hydrogen-bond acceptors (Lipinski definition) is 2. The van der Waals surface area contributed by atoms with Crippen LogP contribution >= 0.6 is 0 Å². The van der Waals surface area contributed by atoms with Crippen LogP contribution in [-0.2, 0) is 6.42 Å². The fraction of sp³-hybridized carbons (Fsp3) is 0.538. The molecule has 88 valence electrons. The first-order valence-electron chi connectivity index (χ1n) is 5.65. The van der Waals surface area contributed by atoms with Gasteiger partial charge in [-0.05, 0) is 30.4 Å². The zero-order valence-corrected chi connectivity index (χ0v) is 10.3. The number of carbonyl (C=O) groups is 1. The quantitative estimate of drug-likeness (QED) is 0.849. The maximum Gasteiger partial charge on any atom is 0.337 e. The predicted molar refractivity (Wildman–Crippen MR) is 63.8 cm³/mol. The molecule has 0 saturated heterocycles. The van der Waals surface area contributed by atoms with Crippen molar-refractivity contribution in [2.24, 2.45) is 5.92 Å². The maximum atomic E-state index is 11.0. The van der Waals surface area contributed by atoms with Gasteiger partial charge in [0, 0.05) is 5.69 Å². The molecule has 1 rings (SSSR count). The van der Waals surface area contributed by atoms with Crippen LogP contribution in [0.2, 0.25) is 0 Å². The summed E-state index contributed by atoms with van der Waals surface area (Å²) in [5.74, 6) is -0.228. The zero-order valence-electron chi connectivity index (χ0n) is 10.3. The highest BCUT2D eigenvalue weighted by Crippen LogP contribution is 2.19. The van der Waals surface area contributed by atoms with E-state index in [1.54, 1.807) is 6.07 Å². The molecular weight excluding hydrogens is 202 g/mol. The summed E-state index contributed by atoms with van der Waals surface area (Å²) < 4.78 is 0. The van der Waals surface area contributed by atoms with E-state index in [-0.39, 0.29) is 5.92 Å². The molecule has 1 heterocycles. The number of carboxylic acid groups (broad SMARTS) is 1. The first-order chi connectivity index (χ1) is 7.41. The van der Waals surface area contributed by atoms with Crippen molar-refractivity contribution in [2.45, 2.75) is 40.0 Å². The lowest BCUT2D eigenvalue weighted by molar-refractivity contribution is 0.0694. The van der Waals surface area contributed by atoms with Crippen LogP contribution in [0.15, 0.2) is 12.1 Å². The van der Waals surface area contributed by atoms with Crippen molar-refractivity contribution in [3.05, 3.63) is 29.1 Å². The molecule has 1 aromatic heterocycles. The summed E-state index contributed by atoms with van der Waals surface area (Å²) in [6.07, 6.45) is 0.889. The van der Waals surface area contributed by atoms with E-state index in [1.807, 2.05) is 19.9 Å². The lowest BCUT2D eigenvalue weighted by atomic mass is 10.0. The fourth-order valence-corrected chi connectivity index (χ4v) is 1.67. The highest BCUT2D eigenvalue weighted by atomic mass is 16.4. The van der Waals surface area contributed by atoms with E-state index in [4.69, 9.17) is 5.11 Å². The Labute approximate surface area is 96.5 Å². The minimum Gasteiger partial charge on any atom is -0.478 e. The van der Waals surface area contributed by atoms with Gasteiger partial charge >= 0.3 is 5.97 Å². The molecule has 1 aromatic rings. The fourth-order valence-electron chi connectivity index (χ4n) is 1.67. The molecule has 0 atom stereocenters. The van der Waals surface area contributed by atoms with Gasteiger partial charge in [-0.1, -0.05) is 27.7 Å². The van der Waals surface area contributed by atoms with Gasteiger partial charge in [-0.15, -0.1) is 0 Å². The number of nitrogens with zero attached hydrogens (tertiary/aromatic N) is 1. The normalized spacial score (nSPS) is 11.1. The van der Waals surface area contributed by atoms with Gasteiger partial charge < -0.3 is 5.11 Å². The number of carboxylic acids is 1. The third-order valence-corrected chi connectivity index (χ3v) is 2.38. The van der Waals surface area contributed by atoms with Crippen molar-refractivity contribution in [1.29, 1.82) is 0 Å². The molecule has 0 radical (unpaired) electrons. The third kappa shape index (κ3) is 3.05. The predicted octanol–water partition coefficient (Wildman–Crippen LogP) is 3.10. The lowest BCUT2D eigenvalue weighted by Gasteiger charge is -2.12. The summed E-state index contributed by atoms with van der Waals surface area (Å²) >= 11 is 0. The summed E-state index contributed by atoms with van der Waals surface area (Å²) in [5, 5.41) is 9.05. The molecule has 0 bridgehead atoms. The second-order valence-electron chi connectivity index (χ2n) is 4.79. The van der Waals surface area contributed by atoms with Crippen molar-refractivity contribution in [2.75, 3.05) is 0 Å². The molecule has 3 heteroatoms. The van der Waals surface area contributed by atoms with Gasteiger partial charge in [0.1, 0.15) is 0 Å². The van der Waals surface area contributed by atoms with Crippen molar-refractivity contribution >= 4 is 5.97 Å². The van der Waals surface area contributed by atoms with Crippen LogP contribution in [0.1, 0.15) is 55.4 Å². The van der Waals surface area contributed by atoms with Gasteiger partial charge in [0.25, 0.3) is 0 Å². The monoisotopic (exact) mass is 221 g/mol. The first kappa shape index (κ1) is 12.7. The highest BCUT2D eigenvalue weighted by molar-refractivity contribution is 5.89.